The highest BCUT2D eigenvalue weighted by Gasteiger charge is 2.19. The van der Waals surface area contributed by atoms with Gasteiger partial charge in [-0.25, -0.2) is 4.98 Å². The SMILES string of the molecule is Cc1ccc2c(N)c(-c3ccc4ncccc4c3)c(=O)n(-c3ccc(Cl)cc3)c2n1. The van der Waals surface area contributed by atoms with Gasteiger partial charge in [-0.2, -0.15) is 0 Å². The van der Waals surface area contributed by atoms with Gasteiger partial charge < -0.3 is 5.73 Å². The number of halogens is 1. The highest BCUT2D eigenvalue weighted by atomic mass is 35.5. The van der Waals surface area contributed by atoms with Crippen LogP contribution in [0, 0.1) is 6.92 Å². The quantitative estimate of drug-likeness (QED) is 0.435. The van der Waals surface area contributed by atoms with Crippen LogP contribution >= 0.6 is 11.6 Å². The number of anilines is 1. The number of pyridine rings is 3. The number of hydrogen-bond acceptors (Lipinski definition) is 4. The van der Waals surface area contributed by atoms with Gasteiger partial charge in [0, 0.05) is 27.7 Å². The lowest BCUT2D eigenvalue weighted by Crippen LogP contribution is -2.23. The molecule has 5 aromatic rings. The molecule has 0 saturated carbocycles. The first-order chi connectivity index (χ1) is 14.5. The molecule has 2 aromatic carbocycles. The first-order valence-corrected chi connectivity index (χ1v) is 9.84. The van der Waals surface area contributed by atoms with Crippen molar-refractivity contribution in [3.63, 3.8) is 0 Å². The summed E-state index contributed by atoms with van der Waals surface area (Å²) in [6.07, 6.45) is 1.74. The third-order valence-electron chi connectivity index (χ3n) is 5.18. The third kappa shape index (κ3) is 2.91. The first kappa shape index (κ1) is 18.3. The van der Waals surface area contributed by atoms with E-state index >= 15 is 0 Å². The fraction of sp³-hybridized carbons (Fsp3) is 0.0417. The van der Waals surface area contributed by atoms with E-state index < -0.39 is 0 Å². The van der Waals surface area contributed by atoms with Crippen LogP contribution in [0.4, 0.5) is 5.69 Å². The minimum Gasteiger partial charge on any atom is -0.397 e. The van der Waals surface area contributed by atoms with Gasteiger partial charge in [0.2, 0.25) is 0 Å². The molecule has 5 nitrogen and oxygen atoms in total. The molecule has 0 fully saturated rings. The smallest absolute Gasteiger partial charge is 0.266 e. The summed E-state index contributed by atoms with van der Waals surface area (Å²) in [6.45, 7) is 1.89. The summed E-state index contributed by atoms with van der Waals surface area (Å²) in [6, 6.07) is 20.5. The highest BCUT2D eigenvalue weighted by Crippen LogP contribution is 2.32. The van der Waals surface area contributed by atoms with Gasteiger partial charge in [0.05, 0.1) is 22.5 Å². The number of nitrogens with two attached hydrogens (primary N) is 1. The molecule has 3 heterocycles. The van der Waals surface area contributed by atoms with E-state index in [9.17, 15) is 4.79 Å². The van der Waals surface area contributed by atoms with Crippen molar-refractivity contribution in [1.29, 1.82) is 0 Å². The zero-order valence-corrected chi connectivity index (χ0v) is 16.9. The molecule has 0 spiro atoms. The van der Waals surface area contributed by atoms with Gasteiger partial charge in [0.1, 0.15) is 5.65 Å². The molecule has 0 radical (unpaired) electrons. The number of benzene rings is 2. The van der Waals surface area contributed by atoms with Crippen LogP contribution in [-0.4, -0.2) is 14.5 Å². The van der Waals surface area contributed by atoms with Crippen LogP contribution in [0.1, 0.15) is 5.69 Å². The van der Waals surface area contributed by atoms with Gasteiger partial charge in [-0.15, -0.1) is 0 Å². The van der Waals surface area contributed by atoms with Crippen molar-refractivity contribution in [3.05, 3.63) is 94.0 Å². The molecular formula is C24H17ClN4O. The molecule has 30 heavy (non-hydrogen) atoms. The van der Waals surface area contributed by atoms with Crippen molar-refractivity contribution in [2.24, 2.45) is 0 Å². The van der Waals surface area contributed by atoms with Gasteiger partial charge in [0.15, 0.2) is 0 Å². The van der Waals surface area contributed by atoms with E-state index in [0.717, 1.165) is 27.5 Å². The van der Waals surface area contributed by atoms with E-state index in [2.05, 4.69) is 9.97 Å². The van der Waals surface area contributed by atoms with Crippen molar-refractivity contribution >= 4 is 39.2 Å². The standard InChI is InChI=1S/C24H17ClN4O/c1-14-4-10-19-22(26)21(16-5-11-20-15(13-16)3-2-12-27-20)24(30)29(23(19)28-14)18-8-6-17(25)7-9-18/h2-13H,26H2,1H3. The number of rotatable bonds is 2. The van der Waals surface area contributed by atoms with Gasteiger partial charge in [-0.3, -0.25) is 14.3 Å². The molecule has 0 aliphatic rings. The Kier molecular flexibility index (Phi) is 4.26. The zero-order valence-electron chi connectivity index (χ0n) is 16.1. The summed E-state index contributed by atoms with van der Waals surface area (Å²) in [7, 11) is 0. The van der Waals surface area contributed by atoms with Gasteiger partial charge >= 0.3 is 0 Å². The Morgan fingerprint density at radius 3 is 2.60 bits per heavy atom. The van der Waals surface area contributed by atoms with Crippen LogP contribution in [0.2, 0.25) is 5.02 Å². The van der Waals surface area contributed by atoms with Crippen LogP contribution in [-0.2, 0) is 0 Å². The topological polar surface area (TPSA) is 73.8 Å². The number of fused-ring (bicyclic) bond motifs is 2. The van der Waals surface area contributed by atoms with E-state index in [4.69, 9.17) is 17.3 Å². The van der Waals surface area contributed by atoms with E-state index in [1.54, 1.807) is 35.0 Å². The fourth-order valence-electron chi connectivity index (χ4n) is 3.72. The largest absolute Gasteiger partial charge is 0.397 e. The highest BCUT2D eigenvalue weighted by molar-refractivity contribution is 6.30. The Balaban J connectivity index is 1.90. The van der Waals surface area contributed by atoms with Crippen LogP contribution in [0.3, 0.4) is 0 Å². The Bertz CT molecular complexity index is 1490. The number of hydrogen-bond donors (Lipinski definition) is 1. The summed E-state index contributed by atoms with van der Waals surface area (Å²) < 4.78 is 1.60. The van der Waals surface area contributed by atoms with Crippen molar-refractivity contribution in [2.45, 2.75) is 6.92 Å². The number of nitrogen functional groups attached to an aromatic ring is 1. The van der Waals surface area contributed by atoms with Crippen molar-refractivity contribution in [3.8, 4) is 16.8 Å². The molecule has 0 aliphatic carbocycles. The Morgan fingerprint density at radius 1 is 1.00 bits per heavy atom. The second-order valence-electron chi connectivity index (χ2n) is 7.14. The molecule has 0 atom stereocenters. The van der Waals surface area contributed by atoms with Gasteiger partial charge in [-0.05, 0) is 67.1 Å². The summed E-state index contributed by atoms with van der Waals surface area (Å²) in [5.41, 5.74) is 10.7. The van der Waals surface area contributed by atoms with E-state index in [0.29, 0.717) is 27.6 Å². The predicted octanol–water partition coefficient (Wildman–Crippen LogP) is 5.14. The molecule has 6 heteroatoms. The lowest BCUT2D eigenvalue weighted by atomic mass is 10.0. The van der Waals surface area contributed by atoms with Crippen molar-refractivity contribution in [1.82, 2.24) is 14.5 Å². The molecule has 0 saturated heterocycles. The molecule has 3 aromatic heterocycles. The number of aromatic nitrogens is 3. The third-order valence-corrected chi connectivity index (χ3v) is 5.43. The first-order valence-electron chi connectivity index (χ1n) is 9.46. The molecule has 5 rings (SSSR count). The van der Waals surface area contributed by atoms with E-state index in [1.807, 2.05) is 49.4 Å². The summed E-state index contributed by atoms with van der Waals surface area (Å²) in [5, 5.41) is 2.25. The molecular weight excluding hydrogens is 396 g/mol. The van der Waals surface area contributed by atoms with Crippen molar-refractivity contribution in [2.75, 3.05) is 5.73 Å². The monoisotopic (exact) mass is 412 g/mol. The van der Waals surface area contributed by atoms with Crippen LogP contribution in [0.5, 0.6) is 0 Å². The minimum absolute atomic E-state index is 0.233. The van der Waals surface area contributed by atoms with Gasteiger partial charge in [-0.1, -0.05) is 23.7 Å². The maximum Gasteiger partial charge on any atom is 0.266 e. The maximum atomic E-state index is 13.7. The maximum absolute atomic E-state index is 13.7. The molecule has 2 N–H and O–H groups in total. The summed E-state index contributed by atoms with van der Waals surface area (Å²) in [4.78, 5) is 22.7. The van der Waals surface area contributed by atoms with E-state index in [1.165, 1.54) is 0 Å². The van der Waals surface area contributed by atoms with Crippen LogP contribution in [0.25, 0.3) is 38.8 Å². The van der Waals surface area contributed by atoms with E-state index in [-0.39, 0.29) is 5.56 Å². The molecule has 0 aliphatic heterocycles. The Morgan fingerprint density at radius 2 is 1.80 bits per heavy atom. The molecule has 0 bridgehead atoms. The minimum atomic E-state index is -0.233. The number of aryl methyl sites for hydroxylation is 1. The summed E-state index contributed by atoms with van der Waals surface area (Å²) >= 11 is 6.06. The molecule has 0 unspecified atom stereocenters. The lowest BCUT2D eigenvalue weighted by Gasteiger charge is -2.16. The average Bonchev–Trinajstić information content (AvgIpc) is 2.75. The Hall–Kier alpha value is -3.70. The van der Waals surface area contributed by atoms with Crippen LogP contribution in [0.15, 0.2) is 77.7 Å². The number of nitrogens with zero attached hydrogens (tertiary/aromatic N) is 3. The summed E-state index contributed by atoms with van der Waals surface area (Å²) in [5.74, 6) is 0. The molecule has 146 valence electrons. The second kappa shape index (κ2) is 6.97. The fourth-order valence-corrected chi connectivity index (χ4v) is 3.85. The predicted molar refractivity (Wildman–Crippen MR) is 122 cm³/mol. The lowest BCUT2D eigenvalue weighted by molar-refractivity contribution is 1.01. The molecule has 0 amide bonds. The average molecular weight is 413 g/mol. The van der Waals surface area contributed by atoms with Gasteiger partial charge in [0.25, 0.3) is 5.56 Å². The van der Waals surface area contributed by atoms with Crippen molar-refractivity contribution < 1.29 is 0 Å². The second-order valence-corrected chi connectivity index (χ2v) is 7.58. The zero-order chi connectivity index (χ0) is 20.8. The Labute approximate surface area is 177 Å². The van der Waals surface area contributed by atoms with Crippen LogP contribution < -0.4 is 11.3 Å². The normalized spacial score (nSPS) is 11.3.